The van der Waals surface area contributed by atoms with Gasteiger partial charge in [0.15, 0.2) is 0 Å². The molecule has 10 nitrogen and oxygen atoms in total. The minimum Gasteiger partial charge on any atom is -0.465 e. The van der Waals surface area contributed by atoms with E-state index in [0.29, 0.717) is 5.69 Å². The molecule has 0 spiro atoms. The Labute approximate surface area is 195 Å². The van der Waals surface area contributed by atoms with Crippen molar-refractivity contribution in [3.63, 3.8) is 0 Å². The number of para-hydroxylation sites is 3. The first-order valence-corrected chi connectivity index (χ1v) is 10.2. The Morgan fingerprint density at radius 2 is 1.44 bits per heavy atom. The molecule has 1 aromatic heterocycles. The molecule has 0 atom stereocenters. The molecular formula is C24H20N6O4. The number of anilines is 5. The van der Waals surface area contributed by atoms with Crippen LogP contribution in [0.2, 0.25) is 0 Å². The van der Waals surface area contributed by atoms with Gasteiger partial charge >= 0.3 is 11.7 Å². The van der Waals surface area contributed by atoms with Crippen molar-refractivity contribution in [1.29, 1.82) is 0 Å². The molecule has 0 radical (unpaired) electrons. The van der Waals surface area contributed by atoms with E-state index >= 15 is 0 Å². The van der Waals surface area contributed by atoms with Crippen molar-refractivity contribution < 1.29 is 14.5 Å². The third-order valence-corrected chi connectivity index (χ3v) is 4.84. The fraction of sp³-hybridized carbons (Fsp3) is 0.0417. The van der Waals surface area contributed by atoms with Gasteiger partial charge < -0.3 is 10.1 Å². The Kier molecular flexibility index (Phi) is 6.59. The molecule has 0 amide bonds. The highest BCUT2D eigenvalue weighted by Gasteiger charge is 2.26. The van der Waals surface area contributed by atoms with Crippen LogP contribution in [-0.2, 0) is 4.74 Å². The summed E-state index contributed by atoms with van der Waals surface area (Å²) in [4.78, 5) is 31.8. The molecule has 34 heavy (non-hydrogen) atoms. The number of aromatic nitrogens is 2. The largest absolute Gasteiger partial charge is 0.465 e. The molecule has 1 heterocycles. The molecule has 4 aromatic rings. The zero-order chi connectivity index (χ0) is 23.9. The topological polar surface area (TPSA) is 123 Å². The summed E-state index contributed by atoms with van der Waals surface area (Å²) >= 11 is 0. The Morgan fingerprint density at radius 3 is 2.03 bits per heavy atom. The minimum atomic E-state index is -0.586. The Morgan fingerprint density at radius 1 is 0.882 bits per heavy atom. The molecule has 0 aliphatic carbocycles. The molecule has 3 aromatic carbocycles. The molecule has 0 saturated carbocycles. The lowest BCUT2D eigenvalue weighted by Gasteiger charge is -2.26. The van der Waals surface area contributed by atoms with Gasteiger partial charge in [-0.2, -0.15) is 0 Å². The van der Waals surface area contributed by atoms with Gasteiger partial charge in [0.25, 0.3) is 0 Å². The average Bonchev–Trinajstić information content (AvgIpc) is 2.88. The van der Waals surface area contributed by atoms with E-state index in [9.17, 15) is 14.9 Å². The van der Waals surface area contributed by atoms with Gasteiger partial charge in [-0.25, -0.2) is 14.8 Å². The highest BCUT2D eigenvalue weighted by molar-refractivity contribution is 5.96. The Balaban J connectivity index is 1.76. The van der Waals surface area contributed by atoms with Crippen LogP contribution in [-0.4, -0.2) is 28.0 Å². The number of benzene rings is 3. The van der Waals surface area contributed by atoms with E-state index in [4.69, 9.17) is 4.74 Å². The molecule has 170 valence electrons. The van der Waals surface area contributed by atoms with Gasteiger partial charge in [-0.05, 0) is 36.4 Å². The van der Waals surface area contributed by atoms with Crippen molar-refractivity contribution in [2.75, 3.05) is 22.9 Å². The van der Waals surface area contributed by atoms with Crippen LogP contribution in [0.1, 0.15) is 10.4 Å². The van der Waals surface area contributed by atoms with Crippen LogP contribution in [0.25, 0.3) is 0 Å². The zero-order valence-corrected chi connectivity index (χ0v) is 18.1. The van der Waals surface area contributed by atoms with E-state index in [1.165, 1.54) is 13.4 Å². The third kappa shape index (κ3) is 4.75. The van der Waals surface area contributed by atoms with Crippen molar-refractivity contribution in [1.82, 2.24) is 9.97 Å². The maximum absolute atomic E-state index is 12.1. The molecule has 0 fully saturated rings. The number of nitro groups is 1. The summed E-state index contributed by atoms with van der Waals surface area (Å²) < 4.78 is 4.80. The quantitative estimate of drug-likeness (QED) is 0.212. The van der Waals surface area contributed by atoms with Crippen LogP contribution in [0.4, 0.5) is 34.4 Å². The van der Waals surface area contributed by atoms with Crippen molar-refractivity contribution in [2.24, 2.45) is 0 Å². The van der Waals surface area contributed by atoms with E-state index in [1.807, 2.05) is 60.7 Å². The lowest BCUT2D eigenvalue weighted by molar-refractivity contribution is -0.383. The molecule has 0 aliphatic rings. The van der Waals surface area contributed by atoms with Gasteiger partial charge in [-0.1, -0.05) is 48.5 Å². The minimum absolute atomic E-state index is 0.0363. The maximum atomic E-state index is 12.1. The highest BCUT2D eigenvalue weighted by Crippen LogP contribution is 2.34. The monoisotopic (exact) mass is 456 g/mol. The lowest BCUT2D eigenvalue weighted by Crippen LogP contribution is -2.26. The number of hydrogen-bond donors (Lipinski definition) is 2. The van der Waals surface area contributed by atoms with Crippen LogP contribution >= 0.6 is 0 Å². The predicted molar refractivity (Wildman–Crippen MR) is 128 cm³/mol. The number of hydrazine groups is 1. The van der Waals surface area contributed by atoms with E-state index in [2.05, 4.69) is 20.7 Å². The number of methoxy groups -OCH3 is 1. The summed E-state index contributed by atoms with van der Waals surface area (Å²) in [5, 5.41) is 16.7. The van der Waals surface area contributed by atoms with Crippen molar-refractivity contribution in [3.05, 3.63) is 107 Å². The number of ether oxygens (including phenoxy) is 1. The summed E-state index contributed by atoms with van der Waals surface area (Å²) in [6.07, 6.45) is 1.20. The van der Waals surface area contributed by atoms with Crippen LogP contribution in [0, 0.1) is 10.1 Å². The second kappa shape index (κ2) is 10.1. The summed E-state index contributed by atoms with van der Waals surface area (Å²) in [6.45, 7) is 0. The van der Waals surface area contributed by atoms with Gasteiger partial charge in [0.05, 0.1) is 34.7 Å². The molecule has 0 bridgehead atoms. The fourth-order valence-corrected chi connectivity index (χ4v) is 3.27. The Hall–Kier alpha value is -4.99. The second-order valence-electron chi connectivity index (χ2n) is 6.96. The van der Waals surface area contributed by atoms with Gasteiger partial charge in [0.2, 0.25) is 11.6 Å². The van der Waals surface area contributed by atoms with Crippen LogP contribution in [0.5, 0.6) is 0 Å². The standard InChI is InChI=1S/C24H20N6O4/c1-34-24(31)19-14-8-9-15-20(19)27-22-21(30(32)33)23(26-16-25-22)28-29(17-10-4-2-5-11-17)18-12-6-3-7-13-18/h2-16H,1H3,(H2,25,26,27,28). The smallest absolute Gasteiger partial charge is 0.355 e. The first kappa shape index (κ1) is 22.2. The molecule has 0 aliphatic heterocycles. The molecule has 4 rings (SSSR count). The lowest BCUT2D eigenvalue weighted by atomic mass is 10.2. The van der Waals surface area contributed by atoms with Crippen molar-refractivity contribution in [2.45, 2.75) is 0 Å². The van der Waals surface area contributed by atoms with Crippen LogP contribution < -0.4 is 15.8 Å². The van der Waals surface area contributed by atoms with Crippen LogP contribution in [0.15, 0.2) is 91.3 Å². The van der Waals surface area contributed by atoms with E-state index in [0.717, 1.165) is 11.4 Å². The van der Waals surface area contributed by atoms with Crippen molar-refractivity contribution in [3.8, 4) is 0 Å². The zero-order valence-electron chi connectivity index (χ0n) is 18.1. The van der Waals surface area contributed by atoms with Gasteiger partial charge in [-0.3, -0.25) is 20.5 Å². The van der Waals surface area contributed by atoms with Gasteiger partial charge in [0.1, 0.15) is 6.33 Å². The SMILES string of the molecule is COC(=O)c1ccccc1Nc1ncnc(NN(c2ccccc2)c2ccccc2)c1[N+](=O)[O-]. The average molecular weight is 456 g/mol. The second-order valence-corrected chi connectivity index (χ2v) is 6.96. The third-order valence-electron chi connectivity index (χ3n) is 4.84. The maximum Gasteiger partial charge on any atom is 0.355 e. The van der Waals surface area contributed by atoms with E-state index in [-0.39, 0.29) is 22.9 Å². The number of nitrogens with one attached hydrogen (secondary N) is 2. The predicted octanol–water partition coefficient (Wildman–Crippen LogP) is 5.08. The fourth-order valence-electron chi connectivity index (χ4n) is 3.27. The summed E-state index contributed by atoms with van der Waals surface area (Å²) in [6, 6.07) is 25.1. The molecule has 2 N–H and O–H groups in total. The molecule has 0 saturated heterocycles. The first-order chi connectivity index (χ1) is 16.6. The summed E-state index contributed by atoms with van der Waals surface area (Å²) in [7, 11) is 1.26. The highest BCUT2D eigenvalue weighted by atomic mass is 16.6. The number of nitrogens with zero attached hydrogens (tertiary/aromatic N) is 4. The summed E-state index contributed by atoms with van der Waals surface area (Å²) in [5.74, 6) is -0.705. The van der Waals surface area contributed by atoms with Crippen molar-refractivity contribution >= 4 is 40.4 Å². The van der Waals surface area contributed by atoms with Gasteiger partial charge in [-0.15, -0.1) is 0 Å². The number of carbonyl (C=O) groups excluding carboxylic acids is 1. The molecular weight excluding hydrogens is 436 g/mol. The molecule has 10 heteroatoms. The van der Waals surface area contributed by atoms with E-state index < -0.39 is 10.9 Å². The first-order valence-electron chi connectivity index (χ1n) is 10.2. The number of hydrogen-bond acceptors (Lipinski definition) is 9. The number of carbonyl (C=O) groups is 1. The normalized spacial score (nSPS) is 10.3. The molecule has 0 unspecified atom stereocenters. The van der Waals surface area contributed by atoms with E-state index in [1.54, 1.807) is 29.3 Å². The van der Waals surface area contributed by atoms with Crippen LogP contribution in [0.3, 0.4) is 0 Å². The number of rotatable bonds is 8. The Bertz CT molecular complexity index is 1260. The van der Waals surface area contributed by atoms with Gasteiger partial charge in [0, 0.05) is 0 Å². The number of esters is 1. The summed E-state index contributed by atoms with van der Waals surface area (Å²) in [5.41, 5.74) is 4.66.